The van der Waals surface area contributed by atoms with Crippen molar-refractivity contribution in [2.75, 3.05) is 13.1 Å². The van der Waals surface area contributed by atoms with E-state index < -0.39 is 0 Å². The van der Waals surface area contributed by atoms with Crippen molar-refractivity contribution in [2.45, 2.75) is 51.0 Å². The molecule has 2 rings (SSSR count). The van der Waals surface area contributed by atoms with E-state index >= 15 is 0 Å². The fraction of sp³-hybridized carbons (Fsp3) is 0.917. The van der Waals surface area contributed by atoms with Crippen LogP contribution in [0.3, 0.4) is 0 Å². The van der Waals surface area contributed by atoms with Gasteiger partial charge < -0.3 is 10.6 Å². The van der Waals surface area contributed by atoms with E-state index in [1.165, 1.54) is 32.2 Å². The number of nitrogens with one attached hydrogen (secondary N) is 2. The lowest BCUT2D eigenvalue weighted by atomic mass is 9.85. The first-order valence-corrected chi connectivity index (χ1v) is 6.37. The van der Waals surface area contributed by atoms with Gasteiger partial charge in [0.25, 0.3) is 0 Å². The summed E-state index contributed by atoms with van der Waals surface area (Å²) in [7, 11) is 0. The summed E-state index contributed by atoms with van der Waals surface area (Å²) in [5.74, 6) is 0.634. The minimum Gasteiger partial charge on any atom is -0.356 e. The summed E-state index contributed by atoms with van der Waals surface area (Å²) in [6, 6.07) is 0.714. The van der Waals surface area contributed by atoms with Crippen molar-refractivity contribution in [1.82, 2.24) is 10.6 Å². The molecular formula is C12H22N2O. The molecule has 1 aliphatic heterocycles. The highest BCUT2D eigenvalue weighted by Crippen LogP contribution is 2.26. The molecule has 3 heteroatoms. The van der Waals surface area contributed by atoms with Crippen molar-refractivity contribution in [1.29, 1.82) is 0 Å². The van der Waals surface area contributed by atoms with Crippen molar-refractivity contribution >= 4 is 5.91 Å². The monoisotopic (exact) mass is 210 g/mol. The highest BCUT2D eigenvalue weighted by atomic mass is 16.1. The number of carbonyl (C=O) groups is 1. The zero-order valence-electron chi connectivity index (χ0n) is 9.43. The van der Waals surface area contributed by atoms with Crippen LogP contribution in [0.25, 0.3) is 0 Å². The van der Waals surface area contributed by atoms with Gasteiger partial charge in [-0.2, -0.15) is 0 Å². The molecule has 1 aliphatic carbocycles. The molecule has 15 heavy (non-hydrogen) atoms. The molecule has 2 aliphatic rings. The van der Waals surface area contributed by atoms with Gasteiger partial charge in [-0.25, -0.2) is 0 Å². The van der Waals surface area contributed by atoms with Crippen LogP contribution in [0.1, 0.15) is 44.9 Å². The van der Waals surface area contributed by atoms with Crippen LogP contribution in [0.15, 0.2) is 0 Å². The summed E-state index contributed by atoms with van der Waals surface area (Å²) in [6.45, 7) is 2.05. The number of hydrogen-bond donors (Lipinski definition) is 2. The van der Waals surface area contributed by atoms with E-state index in [2.05, 4.69) is 10.6 Å². The smallest absolute Gasteiger partial charge is 0.223 e. The first-order chi connectivity index (χ1) is 7.36. The van der Waals surface area contributed by atoms with E-state index in [1.54, 1.807) is 0 Å². The third-order valence-corrected chi connectivity index (χ3v) is 3.67. The number of rotatable bonds is 5. The Morgan fingerprint density at radius 1 is 1.27 bits per heavy atom. The van der Waals surface area contributed by atoms with Crippen LogP contribution in [0, 0.1) is 5.92 Å². The van der Waals surface area contributed by atoms with Gasteiger partial charge in [0.15, 0.2) is 0 Å². The Balaban J connectivity index is 1.48. The lowest BCUT2D eigenvalue weighted by Crippen LogP contribution is -2.35. The molecule has 86 valence electrons. The first-order valence-electron chi connectivity index (χ1n) is 6.37. The van der Waals surface area contributed by atoms with Gasteiger partial charge in [-0.1, -0.05) is 6.42 Å². The predicted octanol–water partition coefficient (Wildman–Crippen LogP) is 1.43. The lowest BCUT2D eigenvalue weighted by molar-refractivity contribution is -0.127. The quantitative estimate of drug-likeness (QED) is 0.674. The number of hydrogen-bond acceptors (Lipinski definition) is 2. The third kappa shape index (κ3) is 3.20. The van der Waals surface area contributed by atoms with Crippen LogP contribution in [0.4, 0.5) is 0 Å². The Labute approximate surface area is 92.0 Å². The van der Waals surface area contributed by atoms with Gasteiger partial charge >= 0.3 is 0 Å². The molecule has 0 aromatic heterocycles. The number of carbonyl (C=O) groups excluding carboxylic acids is 1. The molecule has 1 amide bonds. The topological polar surface area (TPSA) is 41.1 Å². The summed E-state index contributed by atoms with van der Waals surface area (Å²) in [5, 5.41) is 6.52. The Kier molecular flexibility index (Phi) is 4.01. The van der Waals surface area contributed by atoms with Crippen molar-refractivity contribution in [2.24, 2.45) is 5.92 Å². The van der Waals surface area contributed by atoms with Crippen LogP contribution < -0.4 is 10.6 Å². The largest absolute Gasteiger partial charge is 0.356 e. The Hall–Kier alpha value is -0.570. The van der Waals surface area contributed by atoms with Crippen LogP contribution in [0.5, 0.6) is 0 Å². The van der Waals surface area contributed by atoms with E-state index in [-0.39, 0.29) is 0 Å². The summed E-state index contributed by atoms with van der Waals surface area (Å²) in [6.07, 6.45) is 8.42. The van der Waals surface area contributed by atoms with Crippen molar-refractivity contribution in [3.05, 3.63) is 0 Å². The summed E-state index contributed by atoms with van der Waals surface area (Å²) < 4.78 is 0. The molecule has 0 radical (unpaired) electrons. The maximum absolute atomic E-state index is 11.5. The normalized spacial score (nSPS) is 26.3. The van der Waals surface area contributed by atoms with Crippen molar-refractivity contribution < 1.29 is 4.79 Å². The van der Waals surface area contributed by atoms with Crippen LogP contribution >= 0.6 is 0 Å². The molecule has 1 unspecified atom stereocenters. The predicted molar refractivity (Wildman–Crippen MR) is 60.6 cm³/mol. The highest BCUT2D eigenvalue weighted by Gasteiger charge is 2.24. The Bertz CT molecular complexity index is 208. The van der Waals surface area contributed by atoms with Gasteiger partial charge in [0.05, 0.1) is 0 Å². The van der Waals surface area contributed by atoms with E-state index in [4.69, 9.17) is 0 Å². The fourth-order valence-electron chi connectivity index (χ4n) is 2.38. The Morgan fingerprint density at radius 3 is 2.73 bits per heavy atom. The molecule has 1 atom stereocenters. The van der Waals surface area contributed by atoms with Crippen LogP contribution in [-0.2, 0) is 4.79 Å². The molecule has 0 aromatic carbocycles. The molecule has 0 aromatic rings. The second-order valence-electron chi connectivity index (χ2n) is 4.85. The van der Waals surface area contributed by atoms with E-state index in [1.807, 2.05) is 0 Å². The maximum atomic E-state index is 11.5. The summed E-state index contributed by atoms with van der Waals surface area (Å²) in [5.41, 5.74) is 0. The van der Waals surface area contributed by atoms with Crippen LogP contribution in [-0.4, -0.2) is 25.0 Å². The maximum Gasteiger partial charge on any atom is 0.223 e. The first kappa shape index (κ1) is 10.9. The highest BCUT2D eigenvalue weighted by molar-refractivity contribution is 5.79. The van der Waals surface area contributed by atoms with E-state index in [0.717, 1.165) is 25.8 Å². The van der Waals surface area contributed by atoms with Gasteiger partial charge in [-0.15, -0.1) is 0 Å². The SMILES string of the molecule is O=C(NCCCC1CCCN1)C1CCC1. The second-order valence-corrected chi connectivity index (χ2v) is 4.85. The van der Waals surface area contributed by atoms with Gasteiger partial charge in [-0.05, 0) is 45.1 Å². The molecule has 2 fully saturated rings. The second kappa shape index (κ2) is 5.50. The van der Waals surface area contributed by atoms with Gasteiger partial charge in [0.1, 0.15) is 0 Å². The fourth-order valence-corrected chi connectivity index (χ4v) is 2.38. The van der Waals surface area contributed by atoms with Gasteiger partial charge in [0, 0.05) is 18.5 Å². The lowest BCUT2D eigenvalue weighted by Gasteiger charge is -2.24. The average molecular weight is 210 g/mol. The molecule has 2 N–H and O–H groups in total. The molecule has 1 heterocycles. The zero-order chi connectivity index (χ0) is 10.5. The van der Waals surface area contributed by atoms with Crippen molar-refractivity contribution in [3.8, 4) is 0 Å². The minimum atomic E-state index is 0.292. The minimum absolute atomic E-state index is 0.292. The summed E-state index contributed by atoms with van der Waals surface area (Å²) >= 11 is 0. The molecule has 1 saturated carbocycles. The van der Waals surface area contributed by atoms with Crippen molar-refractivity contribution in [3.63, 3.8) is 0 Å². The summed E-state index contributed by atoms with van der Waals surface area (Å²) in [4.78, 5) is 11.5. The zero-order valence-corrected chi connectivity index (χ0v) is 9.43. The van der Waals surface area contributed by atoms with E-state index in [0.29, 0.717) is 17.9 Å². The van der Waals surface area contributed by atoms with Gasteiger partial charge in [-0.3, -0.25) is 4.79 Å². The van der Waals surface area contributed by atoms with E-state index in [9.17, 15) is 4.79 Å². The standard InChI is InChI=1S/C12H22N2O/c15-12(10-4-1-5-10)14-9-3-7-11-6-2-8-13-11/h10-11,13H,1-9H2,(H,14,15). The Morgan fingerprint density at radius 2 is 2.13 bits per heavy atom. The number of amides is 1. The molecular weight excluding hydrogens is 188 g/mol. The van der Waals surface area contributed by atoms with Crippen LogP contribution in [0.2, 0.25) is 0 Å². The third-order valence-electron chi connectivity index (χ3n) is 3.67. The molecule has 0 bridgehead atoms. The van der Waals surface area contributed by atoms with Gasteiger partial charge in [0.2, 0.25) is 5.91 Å². The molecule has 1 saturated heterocycles. The average Bonchev–Trinajstić information content (AvgIpc) is 2.62. The molecule has 0 spiro atoms. The molecule has 3 nitrogen and oxygen atoms in total.